The Labute approximate surface area is 176 Å². The van der Waals surface area contributed by atoms with Crippen LogP contribution >= 0.6 is 11.6 Å². The lowest BCUT2D eigenvalue weighted by Gasteiger charge is -2.20. The van der Waals surface area contributed by atoms with Crippen molar-refractivity contribution in [3.8, 4) is 5.69 Å². The standard InChI is InChI=1S/C21H16ClN7O/c1-12(26-18-16(24-2)11-25-21(23)28-18)19-27-15-10-6-9-14(22)17(15)20(30)29(19)13-7-4-3-5-8-13/h3-12H,1H3,(H3,23,25,26,28)/t12-/m0/s1. The maximum atomic E-state index is 13.4. The van der Waals surface area contributed by atoms with Crippen LogP contribution in [0.4, 0.5) is 17.5 Å². The molecule has 3 N–H and O–H groups in total. The van der Waals surface area contributed by atoms with E-state index in [1.54, 1.807) is 18.2 Å². The van der Waals surface area contributed by atoms with Crippen molar-refractivity contribution in [2.45, 2.75) is 13.0 Å². The minimum atomic E-state index is -0.490. The molecule has 2 heterocycles. The average molecular weight is 418 g/mol. The van der Waals surface area contributed by atoms with Gasteiger partial charge in [-0.15, -0.1) is 0 Å². The largest absolute Gasteiger partial charge is 0.369 e. The number of benzene rings is 2. The Balaban J connectivity index is 1.93. The fourth-order valence-electron chi connectivity index (χ4n) is 3.17. The number of anilines is 2. The number of nitrogen functional groups attached to an aromatic ring is 1. The number of hydrogen-bond donors (Lipinski definition) is 2. The fourth-order valence-corrected chi connectivity index (χ4v) is 3.42. The normalized spacial score (nSPS) is 11.8. The van der Waals surface area contributed by atoms with Gasteiger partial charge in [0.25, 0.3) is 5.56 Å². The quantitative estimate of drug-likeness (QED) is 0.484. The maximum absolute atomic E-state index is 13.4. The van der Waals surface area contributed by atoms with Crippen LogP contribution in [0.3, 0.4) is 0 Å². The average Bonchev–Trinajstić information content (AvgIpc) is 2.74. The second-order valence-corrected chi connectivity index (χ2v) is 6.93. The smallest absolute Gasteiger partial charge is 0.267 e. The zero-order valence-electron chi connectivity index (χ0n) is 15.9. The van der Waals surface area contributed by atoms with Gasteiger partial charge >= 0.3 is 0 Å². The molecule has 0 fully saturated rings. The fraction of sp³-hybridized carbons (Fsp3) is 0.0952. The molecule has 0 aliphatic carbocycles. The van der Waals surface area contributed by atoms with Gasteiger partial charge in [0.1, 0.15) is 11.6 Å². The van der Waals surface area contributed by atoms with Crippen molar-refractivity contribution in [1.82, 2.24) is 19.5 Å². The van der Waals surface area contributed by atoms with Crippen LogP contribution in [-0.4, -0.2) is 19.5 Å². The number of para-hydroxylation sites is 1. The lowest BCUT2D eigenvalue weighted by atomic mass is 10.2. The lowest BCUT2D eigenvalue weighted by Crippen LogP contribution is -2.27. The number of halogens is 1. The van der Waals surface area contributed by atoms with E-state index in [9.17, 15) is 4.79 Å². The molecule has 0 aliphatic heterocycles. The molecule has 0 unspecified atom stereocenters. The number of aromatic nitrogens is 4. The van der Waals surface area contributed by atoms with Crippen LogP contribution in [0.15, 0.2) is 59.5 Å². The Bertz CT molecular complexity index is 1350. The molecule has 8 nitrogen and oxygen atoms in total. The maximum Gasteiger partial charge on any atom is 0.267 e. The topological polar surface area (TPSA) is 103 Å². The van der Waals surface area contributed by atoms with E-state index in [4.69, 9.17) is 28.9 Å². The van der Waals surface area contributed by atoms with Crippen molar-refractivity contribution in [1.29, 1.82) is 0 Å². The molecule has 30 heavy (non-hydrogen) atoms. The van der Waals surface area contributed by atoms with Crippen LogP contribution in [-0.2, 0) is 0 Å². The Hall–Kier alpha value is -3.96. The molecule has 0 radical (unpaired) electrons. The van der Waals surface area contributed by atoms with Crippen molar-refractivity contribution in [2.24, 2.45) is 0 Å². The van der Waals surface area contributed by atoms with Gasteiger partial charge in [-0.2, -0.15) is 0 Å². The van der Waals surface area contributed by atoms with Crippen molar-refractivity contribution >= 4 is 40.0 Å². The molecule has 2 aromatic heterocycles. The highest BCUT2D eigenvalue weighted by Crippen LogP contribution is 2.28. The van der Waals surface area contributed by atoms with E-state index < -0.39 is 6.04 Å². The molecule has 0 spiro atoms. The van der Waals surface area contributed by atoms with Gasteiger partial charge in [-0.3, -0.25) is 9.36 Å². The minimum Gasteiger partial charge on any atom is -0.369 e. The number of nitrogens with one attached hydrogen (secondary N) is 1. The van der Waals surface area contributed by atoms with Crippen molar-refractivity contribution in [2.75, 3.05) is 11.1 Å². The van der Waals surface area contributed by atoms with Crippen molar-refractivity contribution < 1.29 is 0 Å². The lowest BCUT2D eigenvalue weighted by molar-refractivity contribution is 0.731. The molecule has 4 rings (SSSR count). The summed E-state index contributed by atoms with van der Waals surface area (Å²) in [4.78, 5) is 29.5. The van der Waals surface area contributed by atoms with Crippen molar-refractivity contribution in [3.63, 3.8) is 0 Å². The summed E-state index contributed by atoms with van der Waals surface area (Å²) >= 11 is 6.31. The SMILES string of the molecule is [C-]#[N+]c1cnc(N)nc1N[C@@H](C)c1nc2cccc(Cl)c2c(=O)n1-c1ccccc1. The molecule has 0 amide bonds. The number of hydrogen-bond acceptors (Lipinski definition) is 6. The van der Waals surface area contributed by atoms with E-state index in [-0.39, 0.29) is 23.0 Å². The van der Waals surface area contributed by atoms with Crippen LogP contribution in [0.1, 0.15) is 18.8 Å². The molecular weight excluding hydrogens is 402 g/mol. The molecule has 9 heteroatoms. The molecule has 1 atom stereocenters. The van der Waals surface area contributed by atoms with Gasteiger partial charge in [-0.05, 0) is 31.2 Å². The highest BCUT2D eigenvalue weighted by atomic mass is 35.5. The first-order valence-electron chi connectivity index (χ1n) is 9.02. The third kappa shape index (κ3) is 3.43. The number of nitrogens with zero attached hydrogens (tertiary/aromatic N) is 5. The van der Waals surface area contributed by atoms with Crippen LogP contribution in [0, 0.1) is 6.57 Å². The third-order valence-corrected chi connectivity index (χ3v) is 4.85. The first kappa shape index (κ1) is 19.4. The van der Waals surface area contributed by atoms with Gasteiger partial charge in [-0.25, -0.2) is 19.8 Å². The van der Waals surface area contributed by atoms with E-state index >= 15 is 0 Å². The monoisotopic (exact) mass is 417 g/mol. The highest BCUT2D eigenvalue weighted by Gasteiger charge is 2.20. The zero-order chi connectivity index (χ0) is 21.3. The van der Waals surface area contributed by atoms with E-state index in [1.807, 2.05) is 37.3 Å². The second kappa shape index (κ2) is 7.81. The summed E-state index contributed by atoms with van der Waals surface area (Å²) < 4.78 is 1.51. The summed E-state index contributed by atoms with van der Waals surface area (Å²) in [6, 6.07) is 13.8. The Morgan fingerprint density at radius 3 is 2.67 bits per heavy atom. The van der Waals surface area contributed by atoms with Gasteiger partial charge in [-0.1, -0.05) is 35.9 Å². The Morgan fingerprint density at radius 2 is 1.93 bits per heavy atom. The highest BCUT2D eigenvalue weighted by molar-refractivity contribution is 6.35. The molecule has 148 valence electrons. The molecular formula is C21H16ClN7O. The molecule has 0 bridgehead atoms. The molecule has 0 aliphatic rings. The van der Waals surface area contributed by atoms with Crippen LogP contribution < -0.4 is 16.6 Å². The summed E-state index contributed by atoms with van der Waals surface area (Å²) in [5, 5.41) is 3.81. The predicted octanol–water partition coefficient (Wildman–Crippen LogP) is 4.14. The summed E-state index contributed by atoms with van der Waals surface area (Å²) in [6.07, 6.45) is 1.35. The van der Waals surface area contributed by atoms with Gasteiger partial charge in [0, 0.05) is 6.20 Å². The van der Waals surface area contributed by atoms with Crippen LogP contribution in [0.25, 0.3) is 21.4 Å². The first-order valence-corrected chi connectivity index (χ1v) is 9.40. The minimum absolute atomic E-state index is 0.0378. The van der Waals surface area contributed by atoms with E-state index in [2.05, 4.69) is 20.1 Å². The van der Waals surface area contributed by atoms with Crippen molar-refractivity contribution in [3.05, 3.63) is 87.3 Å². The summed E-state index contributed by atoms with van der Waals surface area (Å²) in [7, 11) is 0. The molecule has 4 aromatic rings. The molecule has 0 saturated carbocycles. The zero-order valence-corrected chi connectivity index (χ0v) is 16.6. The van der Waals surface area contributed by atoms with Gasteiger partial charge in [0.15, 0.2) is 0 Å². The van der Waals surface area contributed by atoms with Crippen LogP contribution in [0.2, 0.25) is 5.02 Å². The number of fused-ring (bicyclic) bond motifs is 1. The Morgan fingerprint density at radius 1 is 1.17 bits per heavy atom. The Kier molecular flexibility index (Phi) is 5.04. The number of nitrogens with two attached hydrogens (primary N) is 1. The molecule has 2 aromatic carbocycles. The van der Waals surface area contributed by atoms with Gasteiger partial charge in [0.05, 0.1) is 34.2 Å². The summed E-state index contributed by atoms with van der Waals surface area (Å²) in [5.41, 5.74) is 6.74. The van der Waals surface area contributed by atoms with Crippen LogP contribution in [0.5, 0.6) is 0 Å². The second-order valence-electron chi connectivity index (χ2n) is 6.52. The number of rotatable bonds is 4. The summed E-state index contributed by atoms with van der Waals surface area (Å²) in [5.74, 6) is 0.745. The van der Waals surface area contributed by atoms with Gasteiger partial charge in [0.2, 0.25) is 11.6 Å². The molecule has 0 saturated heterocycles. The van der Waals surface area contributed by atoms with E-state index in [1.165, 1.54) is 10.8 Å². The van der Waals surface area contributed by atoms with Gasteiger partial charge < -0.3 is 11.1 Å². The summed E-state index contributed by atoms with van der Waals surface area (Å²) in [6.45, 7) is 9.15. The third-order valence-electron chi connectivity index (χ3n) is 4.54. The van der Waals surface area contributed by atoms with E-state index in [0.717, 1.165) is 0 Å². The van der Waals surface area contributed by atoms with E-state index in [0.29, 0.717) is 27.4 Å². The predicted molar refractivity (Wildman–Crippen MR) is 117 cm³/mol. The first-order chi connectivity index (χ1) is 14.5.